The number of benzene rings is 9. The van der Waals surface area contributed by atoms with Gasteiger partial charge in [-0.25, -0.2) is 0 Å². The van der Waals surface area contributed by atoms with Gasteiger partial charge < -0.3 is 13.7 Å². The Hall–Kier alpha value is -7.36. The summed E-state index contributed by atoms with van der Waals surface area (Å²) in [4.78, 5) is 2.32. The van der Waals surface area contributed by atoms with E-state index in [1.54, 1.807) is 0 Å². The maximum Gasteiger partial charge on any atom is 0.159 e. The number of hydrogen-bond acceptors (Lipinski definition) is 3. The van der Waals surface area contributed by atoms with E-state index in [9.17, 15) is 0 Å². The van der Waals surface area contributed by atoms with Gasteiger partial charge in [0.2, 0.25) is 0 Å². The molecule has 3 nitrogen and oxygen atoms in total. The van der Waals surface area contributed by atoms with Crippen molar-refractivity contribution in [2.45, 2.75) is 0 Å². The minimum absolute atomic E-state index is 0.845. The Bertz CT molecular complexity index is 3190. The van der Waals surface area contributed by atoms with Crippen molar-refractivity contribution in [3.05, 3.63) is 200 Å². The second kappa shape index (κ2) is 12.6. The Morgan fingerprint density at radius 3 is 1.69 bits per heavy atom. The number of anilines is 3. The van der Waals surface area contributed by atoms with E-state index < -0.39 is 0 Å². The van der Waals surface area contributed by atoms with Gasteiger partial charge in [0.25, 0.3) is 0 Å². The largest absolute Gasteiger partial charge is 0.456 e. The molecule has 11 rings (SSSR count). The number of hydrogen-bond donors (Lipinski definition) is 0. The third-order valence-electron chi connectivity index (χ3n) is 10.9. The lowest BCUT2D eigenvalue weighted by atomic mass is 9.95. The fourth-order valence-corrected chi connectivity index (χ4v) is 8.23. The molecule has 0 unspecified atom stereocenters. The molecule has 0 saturated heterocycles. The molecule has 11 aromatic rings. The first-order valence-electron chi connectivity index (χ1n) is 18.7. The summed E-state index contributed by atoms with van der Waals surface area (Å²) >= 11 is 0. The highest BCUT2D eigenvalue weighted by Gasteiger charge is 2.22. The predicted molar refractivity (Wildman–Crippen MR) is 229 cm³/mol. The summed E-state index contributed by atoms with van der Waals surface area (Å²) in [5.74, 6) is 0. The Balaban J connectivity index is 1.10. The van der Waals surface area contributed by atoms with Gasteiger partial charge in [-0.05, 0) is 93.4 Å². The van der Waals surface area contributed by atoms with Gasteiger partial charge in [0.15, 0.2) is 5.58 Å². The summed E-state index contributed by atoms with van der Waals surface area (Å²) in [6.07, 6.45) is 0. The summed E-state index contributed by atoms with van der Waals surface area (Å²) in [5.41, 5.74) is 13.5. The van der Waals surface area contributed by atoms with Gasteiger partial charge in [0, 0.05) is 38.3 Å². The smallest absolute Gasteiger partial charge is 0.159 e. The molecule has 0 bridgehead atoms. The van der Waals surface area contributed by atoms with Crippen molar-refractivity contribution >= 4 is 71.7 Å². The Morgan fingerprint density at radius 2 is 0.873 bits per heavy atom. The van der Waals surface area contributed by atoms with Crippen molar-refractivity contribution in [3.63, 3.8) is 0 Å². The number of para-hydroxylation sites is 2. The predicted octanol–water partition coefficient (Wildman–Crippen LogP) is 15.1. The monoisotopic (exact) mass is 703 g/mol. The minimum Gasteiger partial charge on any atom is -0.456 e. The van der Waals surface area contributed by atoms with E-state index in [0.717, 1.165) is 83.0 Å². The van der Waals surface area contributed by atoms with Gasteiger partial charge >= 0.3 is 0 Å². The average Bonchev–Trinajstić information content (AvgIpc) is 3.83. The topological polar surface area (TPSA) is 29.5 Å². The molecule has 0 fully saturated rings. The van der Waals surface area contributed by atoms with Crippen molar-refractivity contribution in [2.75, 3.05) is 4.90 Å². The summed E-state index contributed by atoms with van der Waals surface area (Å²) < 4.78 is 13.3. The fourth-order valence-electron chi connectivity index (χ4n) is 8.23. The zero-order chi connectivity index (χ0) is 36.3. The normalized spacial score (nSPS) is 11.6. The maximum absolute atomic E-state index is 7.03. The van der Waals surface area contributed by atoms with Gasteiger partial charge in [-0.2, -0.15) is 0 Å². The molecule has 0 saturated carbocycles. The van der Waals surface area contributed by atoms with Crippen LogP contribution in [0.5, 0.6) is 0 Å². The van der Waals surface area contributed by atoms with Gasteiger partial charge in [0.1, 0.15) is 16.7 Å². The number of furan rings is 2. The summed E-state index contributed by atoms with van der Waals surface area (Å²) in [7, 11) is 0. The van der Waals surface area contributed by atoms with E-state index in [1.165, 1.54) is 22.1 Å². The molecular weight excluding hydrogens is 671 g/mol. The van der Waals surface area contributed by atoms with Crippen LogP contribution in [-0.2, 0) is 0 Å². The van der Waals surface area contributed by atoms with Crippen LogP contribution in [0.15, 0.2) is 209 Å². The minimum atomic E-state index is 0.845. The Kier molecular flexibility index (Phi) is 7.17. The lowest BCUT2D eigenvalue weighted by Gasteiger charge is -2.26. The molecule has 2 aromatic heterocycles. The van der Waals surface area contributed by atoms with Crippen molar-refractivity contribution in [1.29, 1.82) is 0 Å². The lowest BCUT2D eigenvalue weighted by Crippen LogP contribution is -2.10. The quantitative estimate of drug-likeness (QED) is 0.173. The molecule has 2 heterocycles. The van der Waals surface area contributed by atoms with E-state index in [2.05, 4.69) is 193 Å². The third-order valence-corrected chi connectivity index (χ3v) is 10.9. The van der Waals surface area contributed by atoms with Crippen molar-refractivity contribution < 1.29 is 8.83 Å². The molecule has 0 aliphatic heterocycles. The van der Waals surface area contributed by atoms with Crippen molar-refractivity contribution in [2.24, 2.45) is 0 Å². The van der Waals surface area contributed by atoms with Crippen LogP contribution in [0.3, 0.4) is 0 Å². The second-order valence-electron chi connectivity index (χ2n) is 14.1. The van der Waals surface area contributed by atoms with Gasteiger partial charge in [0.05, 0.1) is 5.69 Å². The van der Waals surface area contributed by atoms with E-state index >= 15 is 0 Å². The van der Waals surface area contributed by atoms with E-state index in [0.29, 0.717) is 0 Å². The SMILES string of the molecule is c1ccc(-c2cccc(N(c3ccc(-c4ccc5c(c4)oc4ccccc45)cc3)c3cccc4c3oc3c5ccccc5c(-c5ccccc5)cc43)c2)cc1. The average molecular weight is 704 g/mol. The van der Waals surface area contributed by atoms with Gasteiger partial charge in [-0.3, -0.25) is 0 Å². The van der Waals surface area contributed by atoms with Crippen LogP contribution in [0.2, 0.25) is 0 Å². The van der Waals surface area contributed by atoms with Crippen LogP contribution in [0.1, 0.15) is 0 Å². The zero-order valence-corrected chi connectivity index (χ0v) is 29.8. The van der Waals surface area contributed by atoms with Crippen LogP contribution in [-0.4, -0.2) is 0 Å². The molecule has 258 valence electrons. The first-order valence-corrected chi connectivity index (χ1v) is 18.7. The molecule has 0 N–H and O–H groups in total. The molecule has 0 aliphatic carbocycles. The van der Waals surface area contributed by atoms with E-state index in [-0.39, 0.29) is 0 Å². The lowest BCUT2D eigenvalue weighted by molar-refractivity contribution is 0.669. The van der Waals surface area contributed by atoms with E-state index in [1.807, 2.05) is 12.1 Å². The first kappa shape index (κ1) is 31.2. The molecular formula is C52H33NO2. The molecule has 55 heavy (non-hydrogen) atoms. The molecule has 0 amide bonds. The Morgan fingerprint density at radius 1 is 0.291 bits per heavy atom. The number of fused-ring (bicyclic) bond motifs is 8. The van der Waals surface area contributed by atoms with Gasteiger partial charge in [-0.1, -0.05) is 146 Å². The maximum atomic E-state index is 7.03. The third kappa shape index (κ3) is 5.20. The summed E-state index contributed by atoms with van der Waals surface area (Å²) in [6.45, 7) is 0. The molecule has 0 aliphatic rings. The number of nitrogens with zero attached hydrogens (tertiary/aromatic N) is 1. The second-order valence-corrected chi connectivity index (χ2v) is 14.1. The molecule has 3 heteroatoms. The standard InChI is InChI=1S/C52H33NO2/c1-3-13-34(14-4-1)37-17-11-18-40(31-37)53(39-28-25-35(26-29-39)38-27-30-43-42-20-9-10-24-49(42)54-50(43)32-38)48-23-12-22-45-47-33-46(36-15-5-2-6-16-36)41-19-7-8-21-44(41)51(47)55-52(45)48/h1-33H. The highest BCUT2D eigenvalue weighted by molar-refractivity contribution is 6.21. The summed E-state index contributed by atoms with van der Waals surface area (Å²) in [6, 6.07) is 70.8. The summed E-state index contributed by atoms with van der Waals surface area (Å²) in [5, 5.41) is 6.72. The zero-order valence-electron chi connectivity index (χ0n) is 29.8. The molecule has 9 aromatic carbocycles. The molecule has 0 atom stereocenters. The van der Waals surface area contributed by atoms with Crippen molar-refractivity contribution in [3.8, 4) is 33.4 Å². The van der Waals surface area contributed by atoms with Crippen LogP contribution in [0, 0.1) is 0 Å². The molecule has 0 radical (unpaired) electrons. The highest BCUT2D eigenvalue weighted by Crippen LogP contribution is 2.46. The Labute approximate surface area is 317 Å². The fraction of sp³-hybridized carbons (Fsp3) is 0. The van der Waals surface area contributed by atoms with Crippen LogP contribution in [0.4, 0.5) is 17.1 Å². The molecule has 0 spiro atoms. The van der Waals surface area contributed by atoms with Crippen LogP contribution < -0.4 is 4.90 Å². The highest BCUT2D eigenvalue weighted by atomic mass is 16.3. The van der Waals surface area contributed by atoms with Crippen molar-refractivity contribution in [1.82, 2.24) is 0 Å². The van der Waals surface area contributed by atoms with Gasteiger partial charge in [-0.15, -0.1) is 0 Å². The first-order chi connectivity index (χ1) is 27.3. The van der Waals surface area contributed by atoms with Crippen LogP contribution >= 0.6 is 0 Å². The van der Waals surface area contributed by atoms with E-state index in [4.69, 9.17) is 8.83 Å². The number of rotatable bonds is 6. The van der Waals surface area contributed by atoms with Crippen LogP contribution in [0.25, 0.3) is 88.0 Å².